The summed E-state index contributed by atoms with van der Waals surface area (Å²) in [5, 5.41) is 11.3. The van der Waals surface area contributed by atoms with E-state index in [2.05, 4.69) is 50.6 Å². The van der Waals surface area contributed by atoms with Crippen LogP contribution in [0.4, 0.5) is 13.2 Å². The Morgan fingerprint density at radius 3 is 2.41 bits per heavy atom. The first-order valence-corrected chi connectivity index (χ1v) is 13.9. The summed E-state index contributed by atoms with van der Waals surface area (Å²) < 4.78 is 45.1. The second-order valence-electron chi connectivity index (χ2n) is 11.0. The van der Waals surface area contributed by atoms with Crippen LogP contribution < -0.4 is 4.74 Å². The molecule has 2 aliphatic rings. The number of halogens is 3. The van der Waals surface area contributed by atoms with Crippen molar-refractivity contribution < 1.29 is 23.0 Å². The van der Waals surface area contributed by atoms with Crippen LogP contribution in [-0.4, -0.2) is 57.3 Å². The molecule has 0 spiro atoms. The highest BCUT2D eigenvalue weighted by atomic mass is 19.4. The van der Waals surface area contributed by atoms with E-state index in [-0.39, 0.29) is 6.17 Å². The Hall–Kier alpha value is -3.66. The van der Waals surface area contributed by atoms with Gasteiger partial charge in [0.15, 0.2) is 0 Å². The zero-order valence-electron chi connectivity index (χ0n) is 22.9. The minimum absolute atomic E-state index is 0.0744. The molecule has 1 unspecified atom stereocenters. The second kappa shape index (κ2) is 10.6. The average molecular weight is 563 g/mol. The molecule has 4 aromatic rings. The number of hydrogen-bond donors (Lipinski definition) is 2. The van der Waals surface area contributed by atoms with Crippen LogP contribution in [0, 0.1) is 6.92 Å². The molecule has 6 nitrogen and oxygen atoms in total. The highest BCUT2D eigenvalue weighted by Crippen LogP contribution is 2.37. The molecule has 0 saturated carbocycles. The third kappa shape index (κ3) is 5.49. The molecule has 1 saturated heterocycles. The van der Waals surface area contributed by atoms with Gasteiger partial charge in [0, 0.05) is 31.7 Å². The van der Waals surface area contributed by atoms with Crippen LogP contribution in [0.2, 0.25) is 0 Å². The number of aliphatic hydroxyl groups is 1. The number of aromatic amines is 1. The van der Waals surface area contributed by atoms with Crippen molar-refractivity contribution in [1.82, 2.24) is 19.8 Å². The third-order valence-electron chi connectivity index (χ3n) is 8.34. The van der Waals surface area contributed by atoms with Crippen molar-refractivity contribution in [3.8, 4) is 16.9 Å². The summed E-state index contributed by atoms with van der Waals surface area (Å²) in [5.41, 5.74) is 3.87. The zero-order chi connectivity index (χ0) is 28.8. The van der Waals surface area contributed by atoms with Gasteiger partial charge < -0.3 is 14.8 Å². The van der Waals surface area contributed by atoms with Gasteiger partial charge in [0.05, 0.1) is 28.4 Å². The van der Waals surface area contributed by atoms with E-state index in [1.54, 1.807) is 0 Å². The van der Waals surface area contributed by atoms with Crippen LogP contribution in [0.25, 0.3) is 22.2 Å². The molecule has 3 heterocycles. The number of benzene rings is 3. The maximum Gasteiger partial charge on any atom is 0.416 e. The quantitative estimate of drug-likeness (QED) is 0.282. The number of nitrogens with zero attached hydrogens (tertiary/aromatic N) is 3. The SMILES string of the molecule is C=CC(N1CCC(O)(c2ccc(C(F)(F)F)cc2)CC1)N1CCOc2ccc(-c3ccc4nc(C)[nH]c4c3)cc2C1. The molecule has 3 aromatic carbocycles. The molecule has 41 heavy (non-hydrogen) atoms. The average Bonchev–Trinajstić information content (AvgIpc) is 3.20. The number of ether oxygens (including phenoxy) is 1. The van der Waals surface area contributed by atoms with Crippen LogP contribution in [0.1, 0.15) is 35.4 Å². The van der Waals surface area contributed by atoms with E-state index >= 15 is 0 Å². The van der Waals surface area contributed by atoms with Crippen molar-refractivity contribution >= 4 is 11.0 Å². The Morgan fingerprint density at radius 1 is 1.00 bits per heavy atom. The van der Waals surface area contributed by atoms with Crippen molar-refractivity contribution in [3.05, 3.63) is 95.8 Å². The van der Waals surface area contributed by atoms with Crippen LogP contribution in [0.5, 0.6) is 5.75 Å². The Balaban J connectivity index is 1.17. The largest absolute Gasteiger partial charge is 0.492 e. The van der Waals surface area contributed by atoms with Gasteiger partial charge in [0.1, 0.15) is 18.2 Å². The van der Waals surface area contributed by atoms with Crippen molar-refractivity contribution in [3.63, 3.8) is 0 Å². The van der Waals surface area contributed by atoms with E-state index in [4.69, 9.17) is 4.74 Å². The van der Waals surface area contributed by atoms with Crippen LogP contribution in [0.15, 0.2) is 73.3 Å². The van der Waals surface area contributed by atoms with Crippen LogP contribution >= 0.6 is 0 Å². The lowest BCUT2D eigenvalue weighted by Gasteiger charge is -2.44. The van der Waals surface area contributed by atoms with E-state index in [0.29, 0.717) is 51.2 Å². The van der Waals surface area contributed by atoms with Gasteiger partial charge in [0.25, 0.3) is 0 Å². The number of piperidine rings is 1. The van der Waals surface area contributed by atoms with Gasteiger partial charge in [-0.25, -0.2) is 4.98 Å². The number of hydrogen-bond acceptors (Lipinski definition) is 5. The van der Waals surface area contributed by atoms with Crippen molar-refractivity contribution in [2.75, 3.05) is 26.2 Å². The molecular weight excluding hydrogens is 529 g/mol. The first-order valence-electron chi connectivity index (χ1n) is 13.9. The van der Waals surface area contributed by atoms with E-state index in [1.807, 2.05) is 25.1 Å². The number of aryl methyl sites for hydroxylation is 1. The molecule has 2 N–H and O–H groups in total. The summed E-state index contributed by atoms with van der Waals surface area (Å²) in [6.45, 7) is 9.16. The zero-order valence-corrected chi connectivity index (χ0v) is 22.9. The number of alkyl halides is 3. The lowest BCUT2D eigenvalue weighted by molar-refractivity contribution is -0.137. The summed E-state index contributed by atoms with van der Waals surface area (Å²) in [6, 6.07) is 17.4. The first kappa shape index (κ1) is 27.5. The minimum atomic E-state index is -4.40. The van der Waals surface area contributed by atoms with Gasteiger partial charge >= 0.3 is 6.18 Å². The van der Waals surface area contributed by atoms with Gasteiger partial charge in [-0.3, -0.25) is 9.80 Å². The molecule has 6 rings (SSSR count). The fourth-order valence-corrected chi connectivity index (χ4v) is 6.08. The minimum Gasteiger partial charge on any atom is -0.492 e. The maximum absolute atomic E-state index is 13.0. The van der Waals surface area contributed by atoms with E-state index in [9.17, 15) is 18.3 Å². The number of H-pyrrole nitrogens is 1. The van der Waals surface area contributed by atoms with Crippen molar-refractivity contribution in [2.24, 2.45) is 0 Å². The molecule has 9 heteroatoms. The highest BCUT2D eigenvalue weighted by Gasteiger charge is 2.38. The van der Waals surface area contributed by atoms with Crippen LogP contribution in [0.3, 0.4) is 0 Å². The normalized spacial score (nSPS) is 18.9. The monoisotopic (exact) mass is 562 g/mol. The van der Waals surface area contributed by atoms with E-state index in [1.165, 1.54) is 12.1 Å². The van der Waals surface area contributed by atoms with Gasteiger partial charge in [-0.2, -0.15) is 13.2 Å². The molecule has 0 aliphatic carbocycles. The maximum atomic E-state index is 13.0. The summed E-state index contributed by atoms with van der Waals surface area (Å²) in [5.74, 6) is 1.75. The summed E-state index contributed by atoms with van der Waals surface area (Å²) >= 11 is 0. The van der Waals surface area contributed by atoms with Crippen molar-refractivity contribution in [2.45, 2.75) is 44.3 Å². The van der Waals surface area contributed by atoms with Gasteiger partial charge in [-0.1, -0.05) is 30.3 Å². The molecule has 0 bridgehead atoms. The smallest absolute Gasteiger partial charge is 0.416 e. The van der Waals surface area contributed by atoms with E-state index < -0.39 is 17.3 Å². The van der Waals surface area contributed by atoms with Gasteiger partial charge in [-0.05, 0) is 72.9 Å². The predicted molar refractivity (Wildman–Crippen MR) is 152 cm³/mol. The molecule has 1 aromatic heterocycles. The number of fused-ring (bicyclic) bond motifs is 2. The van der Waals surface area contributed by atoms with Crippen molar-refractivity contribution in [1.29, 1.82) is 0 Å². The Kier molecular flexibility index (Phi) is 7.13. The molecule has 1 atom stereocenters. The molecule has 1 fully saturated rings. The summed E-state index contributed by atoms with van der Waals surface area (Å²) in [7, 11) is 0. The number of aromatic nitrogens is 2. The molecule has 214 valence electrons. The molecule has 0 amide bonds. The summed E-state index contributed by atoms with van der Waals surface area (Å²) in [4.78, 5) is 12.4. The standard InChI is InChI=1S/C32H33F3N4O2/c1-3-30(38-14-12-31(40,13-15-38)25-6-8-26(9-7-25)32(33,34)35)39-16-17-41-29-11-5-22(18-24(29)20-39)23-4-10-27-28(19-23)37-21(2)36-27/h3-11,18-19,30,40H,1,12-17,20H2,2H3,(H,36,37). The number of nitrogens with one attached hydrogen (secondary N) is 1. The van der Waals surface area contributed by atoms with Gasteiger partial charge in [-0.15, -0.1) is 6.58 Å². The van der Waals surface area contributed by atoms with Crippen LogP contribution in [-0.2, 0) is 18.3 Å². The molecule has 0 radical (unpaired) electrons. The molecular formula is C32H33F3N4O2. The summed E-state index contributed by atoms with van der Waals surface area (Å²) in [6.07, 6.45) is -1.71. The first-order chi connectivity index (χ1) is 19.6. The second-order valence-corrected chi connectivity index (χ2v) is 11.0. The third-order valence-corrected chi connectivity index (χ3v) is 8.34. The lowest BCUT2D eigenvalue weighted by atomic mass is 9.84. The Bertz CT molecular complexity index is 1560. The highest BCUT2D eigenvalue weighted by molar-refractivity contribution is 5.82. The Morgan fingerprint density at radius 2 is 1.71 bits per heavy atom. The number of likely N-dealkylation sites (tertiary alicyclic amines) is 1. The van der Waals surface area contributed by atoms with E-state index in [0.717, 1.165) is 51.4 Å². The Labute approximate surface area is 237 Å². The predicted octanol–water partition coefficient (Wildman–Crippen LogP) is 6.25. The fraction of sp³-hybridized carbons (Fsp3) is 0.344. The topological polar surface area (TPSA) is 64.6 Å². The number of rotatable bonds is 5. The van der Waals surface area contributed by atoms with Gasteiger partial charge in [0.2, 0.25) is 0 Å². The molecule has 2 aliphatic heterocycles. The fourth-order valence-electron chi connectivity index (χ4n) is 6.08. The number of imidazole rings is 1. The lowest BCUT2D eigenvalue weighted by Crippen LogP contribution is -2.53.